The van der Waals surface area contributed by atoms with Gasteiger partial charge in [0.1, 0.15) is 0 Å². The molecule has 7 nitrogen and oxygen atoms in total. The SMILES string of the molecule is C/C(C=NNc1nc(N2CCCC2)nc(N2CCCC2)n1)=C/c1ccccc1. The predicted molar refractivity (Wildman–Crippen MR) is 115 cm³/mol. The quantitative estimate of drug-likeness (QED) is 0.613. The third kappa shape index (κ3) is 4.65. The van der Waals surface area contributed by atoms with Crippen LogP contribution in [0.25, 0.3) is 6.08 Å². The second-order valence-electron chi connectivity index (χ2n) is 7.32. The van der Waals surface area contributed by atoms with Crippen molar-refractivity contribution in [1.29, 1.82) is 0 Å². The molecule has 1 aromatic carbocycles. The highest BCUT2D eigenvalue weighted by Gasteiger charge is 2.21. The summed E-state index contributed by atoms with van der Waals surface area (Å²) in [7, 11) is 0. The lowest BCUT2D eigenvalue weighted by molar-refractivity contribution is 0.838. The first-order valence-corrected chi connectivity index (χ1v) is 10.1. The fourth-order valence-electron chi connectivity index (χ4n) is 3.56. The van der Waals surface area contributed by atoms with E-state index in [4.69, 9.17) is 4.98 Å². The van der Waals surface area contributed by atoms with Gasteiger partial charge in [-0.05, 0) is 43.7 Å². The molecule has 1 N–H and O–H groups in total. The average molecular weight is 377 g/mol. The van der Waals surface area contributed by atoms with E-state index >= 15 is 0 Å². The molecule has 0 atom stereocenters. The topological polar surface area (TPSA) is 69.5 Å². The summed E-state index contributed by atoms with van der Waals surface area (Å²) in [6.45, 7) is 6.04. The van der Waals surface area contributed by atoms with Crippen LogP contribution in [0.5, 0.6) is 0 Å². The fraction of sp³-hybridized carbons (Fsp3) is 0.429. The standard InChI is InChI=1S/C21H27N7/c1-17(15-18-9-3-2-4-10-18)16-22-26-19-23-20(27-11-5-6-12-27)25-21(24-19)28-13-7-8-14-28/h2-4,9-10,15-16H,5-8,11-14H2,1H3,(H,23,24,25,26)/b17-15-,22-16?. The van der Waals surface area contributed by atoms with Crippen molar-refractivity contribution in [2.24, 2.45) is 5.10 Å². The highest BCUT2D eigenvalue weighted by Crippen LogP contribution is 2.22. The molecule has 0 aliphatic carbocycles. The van der Waals surface area contributed by atoms with Crippen molar-refractivity contribution in [2.45, 2.75) is 32.6 Å². The zero-order valence-corrected chi connectivity index (χ0v) is 16.4. The molecule has 1 aromatic heterocycles. The first kappa shape index (κ1) is 18.4. The summed E-state index contributed by atoms with van der Waals surface area (Å²) in [5.74, 6) is 2.01. The minimum atomic E-state index is 0.502. The fourth-order valence-corrected chi connectivity index (χ4v) is 3.56. The highest BCUT2D eigenvalue weighted by molar-refractivity contribution is 5.85. The molecular formula is C21H27N7. The van der Waals surface area contributed by atoms with Crippen LogP contribution in [0.15, 0.2) is 41.0 Å². The Morgan fingerprint density at radius 3 is 2.04 bits per heavy atom. The molecule has 0 radical (unpaired) electrons. The molecule has 2 aliphatic heterocycles. The number of nitrogens with zero attached hydrogens (tertiary/aromatic N) is 6. The van der Waals surface area contributed by atoms with Crippen LogP contribution in [0.4, 0.5) is 17.8 Å². The molecule has 2 aliphatic rings. The van der Waals surface area contributed by atoms with Crippen LogP contribution in [0, 0.1) is 0 Å². The van der Waals surface area contributed by atoms with Gasteiger partial charge in [0, 0.05) is 26.2 Å². The monoisotopic (exact) mass is 377 g/mol. The average Bonchev–Trinajstić information content (AvgIpc) is 3.43. The van der Waals surface area contributed by atoms with Crippen molar-refractivity contribution in [3.8, 4) is 0 Å². The van der Waals surface area contributed by atoms with Crippen LogP contribution < -0.4 is 15.2 Å². The number of rotatable bonds is 6. The predicted octanol–water partition coefficient (Wildman–Crippen LogP) is 3.57. The molecule has 0 spiro atoms. The van der Waals surface area contributed by atoms with Gasteiger partial charge in [-0.1, -0.05) is 36.4 Å². The maximum atomic E-state index is 4.72. The number of allylic oxidation sites excluding steroid dienone is 1. The Morgan fingerprint density at radius 1 is 0.893 bits per heavy atom. The van der Waals surface area contributed by atoms with E-state index in [1.54, 1.807) is 6.21 Å². The van der Waals surface area contributed by atoms with Gasteiger partial charge >= 0.3 is 0 Å². The van der Waals surface area contributed by atoms with Crippen molar-refractivity contribution < 1.29 is 0 Å². The zero-order valence-electron chi connectivity index (χ0n) is 16.4. The van der Waals surface area contributed by atoms with Crippen molar-refractivity contribution in [1.82, 2.24) is 15.0 Å². The van der Waals surface area contributed by atoms with Gasteiger partial charge in [0.05, 0.1) is 6.21 Å². The van der Waals surface area contributed by atoms with Crippen molar-refractivity contribution in [2.75, 3.05) is 41.4 Å². The summed E-state index contributed by atoms with van der Waals surface area (Å²) in [5, 5.41) is 4.34. The van der Waals surface area contributed by atoms with E-state index in [2.05, 4.69) is 48.5 Å². The lowest BCUT2D eigenvalue weighted by atomic mass is 10.1. The molecule has 2 saturated heterocycles. The molecule has 2 aromatic rings. The van der Waals surface area contributed by atoms with Crippen LogP contribution in [-0.4, -0.2) is 47.3 Å². The Bertz CT molecular complexity index is 801. The number of aromatic nitrogens is 3. The number of hydrogen-bond donors (Lipinski definition) is 1. The summed E-state index contributed by atoms with van der Waals surface area (Å²) in [6.07, 6.45) is 8.64. The summed E-state index contributed by atoms with van der Waals surface area (Å²) >= 11 is 0. The van der Waals surface area contributed by atoms with E-state index in [0.29, 0.717) is 5.95 Å². The Labute approximate surface area is 166 Å². The van der Waals surface area contributed by atoms with Crippen LogP contribution in [-0.2, 0) is 0 Å². The summed E-state index contributed by atoms with van der Waals surface area (Å²) in [5.41, 5.74) is 5.20. The lowest BCUT2D eigenvalue weighted by Gasteiger charge is -2.20. The van der Waals surface area contributed by atoms with Crippen LogP contribution in [0.1, 0.15) is 38.2 Å². The number of nitrogens with one attached hydrogen (secondary N) is 1. The molecule has 146 valence electrons. The molecule has 0 saturated carbocycles. The third-order valence-corrected chi connectivity index (χ3v) is 5.02. The highest BCUT2D eigenvalue weighted by atomic mass is 15.4. The van der Waals surface area contributed by atoms with Crippen molar-refractivity contribution >= 4 is 30.1 Å². The summed E-state index contributed by atoms with van der Waals surface area (Å²) < 4.78 is 0. The normalized spacial score (nSPS) is 17.7. The minimum Gasteiger partial charge on any atom is -0.341 e. The summed E-state index contributed by atoms with van der Waals surface area (Å²) in [6, 6.07) is 10.2. The van der Waals surface area contributed by atoms with Gasteiger partial charge in [-0.25, -0.2) is 5.43 Å². The second-order valence-corrected chi connectivity index (χ2v) is 7.32. The first-order valence-electron chi connectivity index (χ1n) is 10.1. The Balaban J connectivity index is 1.50. The van der Waals surface area contributed by atoms with Crippen molar-refractivity contribution in [3.05, 3.63) is 41.5 Å². The molecule has 0 amide bonds. The van der Waals surface area contributed by atoms with Gasteiger partial charge < -0.3 is 9.80 Å². The zero-order chi connectivity index (χ0) is 19.2. The first-order chi connectivity index (χ1) is 13.8. The Kier molecular flexibility index (Phi) is 5.80. The van der Waals surface area contributed by atoms with Crippen LogP contribution in [0.3, 0.4) is 0 Å². The van der Waals surface area contributed by atoms with E-state index in [1.807, 2.05) is 25.1 Å². The smallest absolute Gasteiger partial charge is 0.250 e. The number of anilines is 3. The molecule has 3 heterocycles. The largest absolute Gasteiger partial charge is 0.341 e. The van der Waals surface area contributed by atoms with Gasteiger partial charge in [0.2, 0.25) is 17.8 Å². The lowest BCUT2D eigenvalue weighted by Crippen LogP contribution is -2.25. The minimum absolute atomic E-state index is 0.502. The number of hydrazone groups is 1. The van der Waals surface area contributed by atoms with Crippen molar-refractivity contribution in [3.63, 3.8) is 0 Å². The van der Waals surface area contributed by atoms with Gasteiger partial charge in [-0.2, -0.15) is 20.1 Å². The summed E-state index contributed by atoms with van der Waals surface area (Å²) in [4.78, 5) is 18.4. The molecule has 28 heavy (non-hydrogen) atoms. The van der Waals surface area contributed by atoms with E-state index in [0.717, 1.165) is 49.2 Å². The van der Waals surface area contributed by atoms with Gasteiger partial charge in [0.15, 0.2) is 0 Å². The Morgan fingerprint density at radius 2 is 1.46 bits per heavy atom. The van der Waals surface area contributed by atoms with Crippen LogP contribution >= 0.6 is 0 Å². The van der Waals surface area contributed by atoms with Gasteiger partial charge in [0.25, 0.3) is 0 Å². The van der Waals surface area contributed by atoms with E-state index in [1.165, 1.54) is 25.7 Å². The second kappa shape index (κ2) is 8.82. The number of hydrogen-bond acceptors (Lipinski definition) is 7. The van der Waals surface area contributed by atoms with E-state index in [-0.39, 0.29) is 0 Å². The van der Waals surface area contributed by atoms with Crippen LogP contribution in [0.2, 0.25) is 0 Å². The molecule has 4 rings (SSSR count). The number of benzene rings is 1. The maximum Gasteiger partial charge on any atom is 0.250 e. The van der Waals surface area contributed by atoms with Gasteiger partial charge in [-0.3, -0.25) is 0 Å². The molecule has 0 bridgehead atoms. The molecule has 0 unspecified atom stereocenters. The Hall–Kier alpha value is -2.96. The van der Waals surface area contributed by atoms with Gasteiger partial charge in [-0.15, -0.1) is 0 Å². The molecule has 2 fully saturated rings. The third-order valence-electron chi connectivity index (χ3n) is 5.02. The van der Waals surface area contributed by atoms with E-state index in [9.17, 15) is 0 Å². The van der Waals surface area contributed by atoms with E-state index < -0.39 is 0 Å². The maximum absolute atomic E-state index is 4.72. The molecule has 7 heteroatoms. The molecular weight excluding hydrogens is 350 g/mol.